The minimum atomic E-state index is 0.0576. The average Bonchev–Trinajstić information content (AvgIpc) is 2.50. The minimum Gasteiger partial charge on any atom is -0.497 e. The van der Waals surface area contributed by atoms with Gasteiger partial charge in [-0.2, -0.15) is 0 Å². The van der Waals surface area contributed by atoms with E-state index in [9.17, 15) is 4.79 Å². The number of anilines is 1. The van der Waals surface area contributed by atoms with E-state index in [4.69, 9.17) is 4.74 Å². The molecule has 0 spiro atoms. The van der Waals surface area contributed by atoms with Crippen LogP contribution in [0.15, 0.2) is 48.5 Å². The van der Waals surface area contributed by atoms with Gasteiger partial charge in [0.15, 0.2) is 0 Å². The van der Waals surface area contributed by atoms with E-state index in [0.717, 1.165) is 21.4 Å². The molecule has 4 heteroatoms. The summed E-state index contributed by atoms with van der Waals surface area (Å²) in [6.45, 7) is 2.09. The number of amides is 1. The Kier molecular flexibility index (Phi) is 6.24. The molecule has 1 amide bonds. The average molecular weight is 409 g/mol. The third-order valence-electron chi connectivity index (χ3n) is 3.41. The zero-order valence-corrected chi connectivity index (χ0v) is 15.0. The maximum absolute atomic E-state index is 12.1. The third kappa shape index (κ3) is 5.33. The van der Waals surface area contributed by atoms with E-state index in [2.05, 4.69) is 34.8 Å². The first kappa shape index (κ1) is 16.8. The Hall–Kier alpha value is -1.56. The number of halogens is 1. The summed E-state index contributed by atoms with van der Waals surface area (Å²) in [6.07, 6.45) is 1.39. The Morgan fingerprint density at radius 1 is 1.14 bits per heavy atom. The van der Waals surface area contributed by atoms with Crippen molar-refractivity contribution in [1.29, 1.82) is 0 Å². The largest absolute Gasteiger partial charge is 0.497 e. The zero-order chi connectivity index (χ0) is 15.9. The van der Waals surface area contributed by atoms with Crippen LogP contribution in [-0.2, 0) is 11.2 Å². The standard InChI is InChI=1S/C18H20INO2/c1-13(11-14-3-9-17(22-2)10-4-14)12-18(21)20-16-7-5-15(19)6-8-16/h3-10,13H,11-12H2,1-2H3,(H,20,21)/t13-/m0/s1. The number of carbonyl (C=O) groups is 1. The van der Waals surface area contributed by atoms with Crippen molar-refractivity contribution in [2.24, 2.45) is 5.92 Å². The van der Waals surface area contributed by atoms with E-state index in [0.29, 0.717) is 6.42 Å². The number of methoxy groups -OCH3 is 1. The quantitative estimate of drug-likeness (QED) is 0.714. The monoisotopic (exact) mass is 409 g/mol. The molecule has 0 bridgehead atoms. The highest BCUT2D eigenvalue weighted by Crippen LogP contribution is 2.17. The first-order chi connectivity index (χ1) is 10.6. The molecule has 0 aliphatic rings. The van der Waals surface area contributed by atoms with Gasteiger partial charge in [0.05, 0.1) is 7.11 Å². The van der Waals surface area contributed by atoms with Gasteiger partial charge in [-0.25, -0.2) is 0 Å². The van der Waals surface area contributed by atoms with Gasteiger partial charge in [0, 0.05) is 15.7 Å². The van der Waals surface area contributed by atoms with Crippen molar-refractivity contribution in [3.8, 4) is 5.75 Å². The molecule has 0 radical (unpaired) electrons. The van der Waals surface area contributed by atoms with Crippen molar-refractivity contribution >= 4 is 34.2 Å². The molecule has 0 aliphatic carbocycles. The highest BCUT2D eigenvalue weighted by Gasteiger charge is 2.10. The molecule has 1 N–H and O–H groups in total. The smallest absolute Gasteiger partial charge is 0.224 e. The Morgan fingerprint density at radius 2 is 1.77 bits per heavy atom. The van der Waals surface area contributed by atoms with Crippen molar-refractivity contribution in [2.75, 3.05) is 12.4 Å². The van der Waals surface area contributed by atoms with Crippen molar-refractivity contribution in [2.45, 2.75) is 19.8 Å². The molecule has 0 saturated carbocycles. The summed E-state index contributed by atoms with van der Waals surface area (Å²) < 4.78 is 6.30. The third-order valence-corrected chi connectivity index (χ3v) is 4.12. The zero-order valence-electron chi connectivity index (χ0n) is 12.8. The Morgan fingerprint density at radius 3 is 2.36 bits per heavy atom. The van der Waals surface area contributed by atoms with Crippen LogP contribution >= 0.6 is 22.6 Å². The van der Waals surface area contributed by atoms with Crippen molar-refractivity contribution in [3.05, 3.63) is 57.7 Å². The van der Waals surface area contributed by atoms with Gasteiger partial charge in [0.1, 0.15) is 5.75 Å². The highest BCUT2D eigenvalue weighted by atomic mass is 127. The van der Waals surface area contributed by atoms with Gasteiger partial charge in [-0.1, -0.05) is 19.1 Å². The Labute approximate surface area is 145 Å². The molecule has 116 valence electrons. The van der Waals surface area contributed by atoms with Gasteiger partial charge in [0.2, 0.25) is 5.91 Å². The number of hydrogen-bond donors (Lipinski definition) is 1. The van der Waals surface area contributed by atoms with Gasteiger partial charge < -0.3 is 10.1 Å². The highest BCUT2D eigenvalue weighted by molar-refractivity contribution is 14.1. The van der Waals surface area contributed by atoms with E-state index < -0.39 is 0 Å². The lowest BCUT2D eigenvalue weighted by Gasteiger charge is -2.12. The number of ether oxygens (including phenoxy) is 1. The maximum Gasteiger partial charge on any atom is 0.224 e. The fourth-order valence-corrected chi connectivity index (χ4v) is 2.66. The lowest BCUT2D eigenvalue weighted by Crippen LogP contribution is -2.16. The molecule has 2 aromatic rings. The van der Waals surface area contributed by atoms with Crippen molar-refractivity contribution in [3.63, 3.8) is 0 Å². The van der Waals surface area contributed by atoms with Crippen LogP contribution in [0.4, 0.5) is 5.69 Å². The van der Waals surface area contributed by atoms with Crippen LogP contribution < -0.4 is 10.1 Å². The molecule has 2 aromatic carbocycles. The molecular weight excluding hydrogens is 389 g/mol. The van der Waals surface area contributed by atoms with Crippen molar-refractivity contribution in [1.82, 2.24) is 0 Å². The minimum absolute atomic E-state index is 0.0576. The molecular formula is C18H20INO2. The lowest BCUT2D eigenvalue weighted by atomic mass is 9.97. The van der Waals surface area contributed by atoms with E-state index in [1.807, 2.05) is 48.5 Å². The summed E-state index contributed by atoms with van der Waals surface area (Å²) >= 11 is 2.25. The van der Waals surface area contributed by atoms with Gasteiger partial charge in [-0.15, -0.1) is 0 Å². The van der Waals surface area contributed by atoms with Crippen LogP contribution in [0.25, 0.3) is 0 Å². The van der Waals surface area contributed by atoms with Gasteiger partial charge >= 0.3 is 0 Å². The predicted octanol–water partition coefficient (Wildman–Crippen LogP) is 4.51. The summed E-state index contributed by atoms with van der Waals surface area (Å²) in [5.74, 6) is 1.20. The first-order valence-corrected chi connectivity index (χ1v) is 8.33. The number of nitrogens with one attached hydrogen (secondary N) is 1. The molecule has 0 aromatic heterocycles. The number of benzene rings is 2. The number of carbonyl (C=O) groups excluding carboxylic acids is 1. The van der Waals surface area contributed by atoms with E-state index in [1.54, 1.807) is 7.11 Å². The summed E-state index contributed by atoms with van der Waals surface area (Å²) in [7, 11) is 1.66. The fourth-order valence-electron chi connectivity index (χ4n) is 2.30. The summed E-state index contributed by atoms with van der Waals surface area (Å²) in [5.41, 5.74) is 2.07. The molecule has 0 aliphatic heterocycles. The Bertz CT molecular complexity index is 608. The molecule has 0 fully saturated rings. The molecule has 0 unspecified atom stereocenters. The van der Waals surface area contributed by atoms with Gasteiger partial charge in [0.25, 0.3) is 0 Å². The lowest BCUT2D eigenvalue weighted by molar-refractivity contribution is -0.116. The van der Waals surface area contributed by atoms with E-state index in [-0.39, 0.29) is 11.8 Å². The van der Waals surface area contributed by atoms with Gasteiger partial charge in [-0.05, 0) is 76.9 Å². The molecule has 0 heterocycles. The van der Waals surface area contributed by atoms with E-state index in [1.165, 1.54) is 5.56 Å². The first-order valence-electron chi connectivity index (χ1n) is 7.25. The van der Waals surface area contributed by atoms with E-state index >= 15 is 0 Å². The molecule has 1 atom stereocenters. The SMILES string of the molecule is COc1ccc(C[C@H](C)CC(=O)Nc2ccc(I)cc2)cc1. The summed E-state index contributed by atoms with van der Waals surface area (Å²) in [4.78, 5) is 12.1. The molecule has 2 rings (SSSR count). The predicted molar refractivity (Wildman–Crippen MR) is 98.3 cm³/mol. The second-order valence-corrected chi connectivity index (χ2v) is 6.66. The fraction of sp³-hybridized carbons (Fsp3) is 0.278. The maximum atomic E-state index is 12.1. The number of hydrogen-bond acceptors (Lipinski definition) is 2. The van der Waals surface area contributed by atoms with Crippen LogP contribution in [-0.4, -0.2) is 13.0 Å². The topological polar surface area (TPSA) is 38.3 Å². The van der Waals surface area contributed by atoms with Crippen LogP contribution in [0, 0.1) is 9.49 Å². The second kappa shape index (κ2) is 8.17. The summed E-state index contributed by atoms with van der Waals surface area (Å²) in [5, 5.41) is 2.94. The van der Waals surface area contributed by atoms with Gasteiger partial charge in [-0.3, -0.25) is 4.79 Å². The molecule has 22 heavy (non-hydrogen) atoms. The normalized spacial score (nSPS) is 11.8. The Balaban J connectivity index is 1.83. The van der Waals surface area contributed by atoms with Crippen LogP contribution in [0.5, 0.6) is 5.75 Å². The molecule has 3 nitrogen and oxygen atoms in total. The van der Waals surface area contributed by atoms with Crippen molar-refractivity contribution < 1.29 is 9.53 Å². The van der Waals surface area contributed by atoms with Crippen LogP contribution in [0.3, 0.4) is 0 Å². The summed E-state index contributed by atoms with van der Waals surface area (Å²) in [6, 6.07) is 15.8. The second-order valence-electron chi connectivity index (χ2n) is 5.42. The molecule has 0 saturated heterocycles. The number of rotatable bonds is 6. The van der Waals surface area contributed by atoms with Crippen LogP contribution in [0.2, 0.25) is 0 Å². The van der Waals surface area contributed by atoms with Crippen LogP contribution in [0.1, 0.15) is 18.9 Å².